The van der Waals surface area contributed by atoms with E-state index in [1.807, 2.05) is 11.8 Å². The molecule has 0 radical (unpaired) electrons. The minimum atomic E-state index is -0.119. The monoisotopic (exact) mass is 345 g/mol. The van der Waals surface area contributed by atoms with Gasteiger partial charge in [0.25, 0.3) is 0 Å². The molecule has 130 valence electrons. The Morgan fingerprint density at radius 3 is 2.50 bits per heavy atom. The Morgan fingerprint density at radius 1 is 1.21 bits per heavy atom. The van der Waals surface area contributed by atoms with Gasteiger partial charge in [-0.1, -0.05) is 29.3 Å². The molecule has 0 aromatic heterocycles. The van der Waals surface area contributed by atoms with E-state index in [0.717, 1.165) is 43.9 Å². The van der Waals surface area contributed by atoms with Crippen LogP contribution in [0.4, 0.5) is 0 Å². The van der Waals surface area contributed by atoms with Crippen LogP contribution >= 0.6 is 11.8 Å². The van der Waals surface area contributed by atoms with Crippen molar-refractivity contribution in [3.8, 4) is 0 Å². The molecule has 1 fully saturated rings. The van der Waals surface area contributed by atoms with Crippen molar-refractivity contribution in [2.75, 3.05) is 19.7 Å². The smallest absolute Gasteiger partial charge is 0.235 e. The normalized spacial score (nSPS) is 21.5. The fraction of sp³-hybridized carbons (Fsp3) is 0.550. The number of thioether (sulfide) groups is 1. The Hall–Kier alpha value is -1.26. The van der Waals surface area contributed by atoms with Gasteiger partial charge in [-0.25, -0.2) is 0 Å². The van der Waals surface area contributed by atoms with Gasteiger partial charge < -0.3 is 9.64 Å². The molecular formula is C20H27NO2S. The van der Waals surface area contributed by atoms with Crippen molar-refractivity contribution in [3.05, 3.63) is 41.5 Å². The van der Waals surface area contributed by atoms with Gasteiger partial charge in [0, 0.05) is 18.0 Å². The number of rotatable bonds is 3. The molecule has 1 spiro atoms. The Morgan fingerprint density at radius 2 is 1.88 bits per heavy atom. The molecule has 4 heteroatoms. The summed E-state index contributed by atoms with van der Waals surface area (Å²) in [5.74, 6) is 0.243. The zero-order chi connectivity index (χ0) is 17.2. The molecule has 2 aliphatic rings. The zero-order valence-electron chi connectivity index (χ0n) is 14.9. The summed E-state index contributed by atoms with van der Waals surface area (Å²) in [5.41, 5.74) is 2.55. The standard InChI is InChI=1S/C20H27NO2S/c1-15-4-6-18(7-5-15)24-17(3)19(22)21-11-9-20(10-12-21)14-16(2)8-13-23-20/h4-7,14,17H,8-13H2,1-3H3. The van der Waals surface area contributed by atoms with Crippen molar-refractivity contribution in [1.82, 2.24) is 4.90 Å². The van der Waals surface area contributed by atoms with Crippen LogP contribution in [-0.2, 0) is 9.53 Å². The topological polar surface area (TPSA) is 29.5 Å². The van der Waals surface area contributed by atoms with Gasteiger partial charge in [0.05, 0.1) is 17.5 Å². The van der Waals surface area contributed by atoms with Gasteiger partial charge in [0.1, 0.15) is 0 Å². The number of piperidine rings is 1. The van der Waals surface area contributed by atoms with Crippen molar-refractivity contribution in [3.63, 3.8) is 0 Å². The van der Waals surface area contributed by atoms with Gasteiger partial charge in [0.2, 0.25) is 5.91 Å². The number of carbonyl (C=O) groups excluding carboxylic acids is 1. The van der Waals surface area contributed by atoms with E-state index in [-0.39, 0.29) is 16.8 Å². The van der Waals surface area contributed by atoms with E-state index < -0.39 is 0 Å². The molecule has 1 unspecified atom stereocenters. The van der Waals surface area contributed by atoms with Crippen LogP contribution in [0, 0.1) is 6.92 Å². The molecule has 1 aromatic rings. The summed E-state index contributed by atoms with van der Waals surface area (Å²) in [6.07, 6.45) is 5.16. The van der Waals surface area contributed by atoms with Crippen LogP contribution in [0.1, 0.15) is 38.7 Å². The van der Waals surface area contributed by atoms with Crippen molar-refractivity contribution in [2.24, 2.45) is 0 Å². The Kier molecular flexibility index (Phi) is 5.36. The van der Waals surface area contributed by atoms with E-state index >= 15 is 0 Å². The lowest BCUT2D eigenvalue weighted by molar-refractivity contribution is -0.135. The molecule has 3 rings (SSSR count). The highest BCUT2D eigenvalue weighted by atomic mass is 32.2. The molecule has 1 atom stereocenters. The summed E-state index contributed by atoms with van der Waals surface area (Å²) in [6, 6.07) is 8.38. The maximum atomic E-state index is 12.8. The second kappa shape index (κ2) is 7.32. The average Bonchev–Trinajstić information content (AvgIpc) is 2.57. The van der Waals surface area contributed by atoms with Gasteiger partial charge in [-0.05, 0) is 52.2 Å². The molecular weight excluding hydrogens is 318 g/mol. The highest BCUT2D eigenvalue weighted by Gasteiger charge is 2.37. The second-order valence-electron chi connectivity index (χ2n) is 7.05. The summed E-state index contributed by atoms with van der Waals surface area (Å²) in [7, 11) is 0. The minimum absolute atomic E-state index is 0.0497. The first kappa shape index (κ1) is 17.6. The molecule has 1 saturated heterocycles. The lowest BCUT2D eigenvalue weighted by atomic mass is 9.87. The van der Waals surface area contributed by atoms with E-state index in [1.165, 1.54) is 11.1 Å². The van der Waals surface area contributed by atoms with Crippen LogP contribution in [-0.4, -0.2) is 41.4 Å². The first-order valence-electron chi connectivity index (χ1n) is 8.82. The molecule has 3 nitrogen and oxygen atoms in total. The second-order valence-corrected chi connectivity index (χ2v) is 8.47. The van der Waals surface area contributed by atoms with Gasteiger partial charge in [-0.3, -0.25) is 4.79 Å². The van der Waals surface area contributed by atoms with Crippen LogP contribution in [0.5, 0.6) is 0 Å². The lowest BCUT2D eigenvalue weighted by Crippen LogP contribution is -2.49. The van der Waals surface area contributed by atoms with Crippen molar-refractivity contribution >= 4 is 17.7 Å². The number of aryl methyl sites for hydroxylation is 1. The predicted molar refractivity (Wildman–Crippen MR) is 99.4 cm³/mol. The minimum Gasteiger partial charge on any atom is -0.370 e. The van der Waals surface area contributed by atoms with Gasteiger partial charge in [-0.15, -0.1) is 11.8 Å². The fourth-order valence-electron chi connectivity index (χ4n) is 3.50. The Bertz CT molecular complexity index is 615. The van der Waals surface area contributed by atoms with Crippen molar-refractivity contribution in [1.29, 1.82) is 0 Å². The Balaban J connectivity index is 1.56. The maximum Gasteiger partial charge on any atom is 0.235 e. The van der Waals surface area contributed by atoms with E-state index in [2.05, 4.69) is 44.2 Å². The highest BCUT2D eigenvalue weighted by Crippen LogP contribution is 2.34. The number of hydrogen-bond donors (Lipinski definition) is 0. The van der Waals surface area contributed by atoms with Crippen LogP contribution in [0.15, 0.2) is 40.8 Å². The molecule has 2 aliphatic heterocycles. The third kappa shape index (κ3) is 4.04. The zero-order valence-corrected chi connectivity index (χ0v) is 15.7. The largest absolute Gasteiger partial charge is 0.370 e. The van der Waals surface area contributed by atoms with Crippen LogP contribution < -0.4 is 0 Å². The number of hydrogen-bond acceptors (Lipinski definition) is 3. The third-order valence-corrected chi connectivity index (χ3v) is 6.10. The fourth-order valence-corrected chi connectivity index (χ4v) is 4.45. The van der Waals surface area contributed by atoms with Crippen LogP contribution in [0.2, 0.25) is 0 Å². The first-order valence-corrected chi connectivity index (χ1v) is 9.70. The lowest BCUT2D eigenvalue weighted by Gasteiger charge is -2.42. The molecule has 0 saturated carbocycles. The number of ether oxygens (including phenoxy) is 1. The molecule has 0 bridgehead atoms. The number of nitrogens with zero attached hydrogens (tertiary/aromatic N) is 1. The number of benzene rings is 1. The third-order valence-electron chi connectivity index (χ3n) is 5.00. The summed E-state index contributed by atoms with van der Waals surface area (Å²) in [5, 5.41) is -0.0497. The highest BCUT2D eigenvalue weighted by molar-refractivity contribution is 8.00. The molecule has 1 amide bonds. The van der Waals surface area contributed by atoms with Gasteiger partial charge >= 0.3 is 0 Å². The maximum absolute atomic E-state index is 12.8. The molecule has 0 aliphatic carbocycles. The number of likely N-dealkylation sites (tertiary alicyclic amines) is 1. The van der Waals surface area contributed by atoms with E-state index in [0.29, 0.717) is 0 Å². The van der Waals surface area contributed by atoms with Crippen molar-refractivity contribution < 1.29 is 9.53 Å². The molecule has 2 heterocycles. The predicted octanol–water partition coefficient (Wildman–Crippen LogP) is 4.20. The van der Waals surface area contributed by atoms with Crippen LogP contribution in [0.3, 0.4) is 0 Å². The SMILES string of the molecule is CC1=CC2(CCN(C(=O)C(C)Sc3ccc(C)cc3)CC2)OCC1. The van der Waals surface area contributed by atoms with Gasteiger partial charge in [-0.2, -0.15) is 0 Å². The number of amides is 1. The van der Waals surface area contributed by atoms with Crippen LogP contribution in [0.25, 0.3) is 0 Å². The first-order chi connectivity index (χ1) is 11.5. The molecule has 0 N–H and O–H groups in total. The quantitative estimate of drug-likeness (QED) is 0.607. The van der Waals surface area contributed by atoms with Gasteiger partial charge in [0.15, 0.2) is 0 Å². The molecule has 1 aromatic carbocycles. The average molecular weight is 346 g/mol. The van der Waals surface area contributed by atoms with E-state index in [1.54, 1.807) is 11.8 Å². The number of carbonyl (C=O) groups is 1. The molecule has 24 heavy (non-hydrogen) atoms. The summed E-state index contributed by atoms with van der Waals surface area (Å²) in [4.78, 5) is 15.9. The summed E-state index contributed by atoms with van der Waals surface area (Å²) >= 11 is 1.65. The van der Waals surface area contributed by atoms with Crippen molar-refractivity contribution in [2.45, 2.75) is 55.8 Å². The van der Waals surface area contributed by atoms with E-state index in [9.17, 15) is 4.79 Å². The van der Waals surface area contributed by atoms with E-state index in [4.69, 9.17) is 4.74 Å². The summed E-state index contributed by atoms with van der Waals surface area (Å²) < 4.78 is 6.05. The summed E-state index contributed by atoms with van der Waals surface area (Å²) in [6.45, 7) is 8.68. The Labute approximate surface area is 149 Å².